The van der Waals surface area contributed by atoms with Crippen molar-refractivity contribution in [3.63, 3.8) is 0 Å². The van der Waals surface area contributed by atoms with E-state index in [1.165, 1.54) is 12.1 Å². The van der Waals surface area contributed by atoms with Crippen LogP contribution in [0.2, 0.25) is 0 Å². The third-order valence-electron chi connectivity index (χ3n) is 4.57. The van der Waals surface area contributed by atoms with E-state index in [1.807, 2.05) is 24.3 Å². The first-order chi connectivity index (χ1) is 14.4. The number of hydrogen-bond donors (Lipinski definition) is 3. The Morgan fingerprint density at radius 1 is 0.967 bits per heavy atom. The van der Waals surface area contributed by atoms with Crippen LogP contribution < -0.4 is 10.0 Å². The molecule has 0 fully saturated rings. The number of anilines is 2. The topological polar surface area (TPSA) is 91.3 Å². The van der Waals surface area contributed by atoms with Gasteiger partial charge in [0.15, 0.2) is 0 Å². The second-order valence-corrected chi connectivity index (χ2v) is 9.24. The second-order valence-electron chi connectivity index (χ2n) is 6.64. The van der Waals surface area contributed by atoms with E-state index in [-0.39, 0.29) is 10.6 Å². The molecule has 0 spiro atoms. The summed E-state index contributed by atoms with van der Waals surface area (Å²) in [4.78, 5) is 4.42. The molecule has 0 radical (unpaired) electrons. The molecule has 30 heavy (non-hydrogen) atoms. The molecule has 0 amide bonds. The summed E-state index contributed by atoms with van der Waals surface area (Å²) in [6.07, 6.45) is 1.63. The zero-order valence-corrected chi connectivity index (χ0v) is 18.1. The summed E-state index contributed by atoms with van der Waals surface area (Å²) in [5.74, 6) is 0.184. The average Bonchev–Trinajstić information content (AvgIpc) is 2.73. The number of phenolic OH excluding ortho intramolecular Hbond substituents is 1. The highest BCUT2D eigenvalue weighted by atomic mass is 79.9. The molecule has 3 aromatic carbocycles. The number of hydrogen-bond acceptors (Lipinski definition) is 5. The summed E-state index contributed by atoms with van der Waals surface area (Å²) in [6.45, 7) is 0.408. The number of aromatic nitrogens is 1. The molecule has 0 saturated carbocycles. The molecule has 3 N–H and O–H groups in total. The summed E-state index contributed by atoms with van der Waals surface area (Å²) < 4.78 is 29.0. The molecule has 0 aliphatic heterocycles. The fourth-order valence-electron chi connectivity index (χ4n) is 3.03. The van der Waals surface area contributed by atoms with E-state index in [0.29, 0.717) is 17.7 Å². The maximum absolute atomic E-state index is 12.8. The van der Waals surface area contributed by atoms with Gasteiger partial charge in [-0.2, -0.15) is 0 Å². The third-order valence-corrected chi connectivity index (χ3v) is 6.45. The number of phenols is 1. The number of aromatic hydroxyl groups is 1. The molecular weight excluding hydrogens is 466 g/mol. The van der Waals surface area contributed by atoms with Gasteiger partial charge in [0, 0.05) is 33.9 Å². The maximum atomic E-state index is 12.8. The van der Waals surface area contributed by atoms with Crippen LogP contribution in [-0.4, -0.2) is 18.5 Å². The van der Waals surface area contributed by atoms with Crippen LogP contribution in [0.4, 0.5) is 11.4 Å². The van der Waals surface area contributed by atoms with Crippen molar-refractivity contribution in [3.05, 3.63) is 89.0 Å². The number of fused-ring (bicyclic) bond motifs is 1. The van der Waals surface area contributed by atoms with E-state index in [2.05, 4.69) is 31.0 Å². The van der Waals surface area contributed by atoms with Crippen molar-refractivity contribution in [1.29, 1.82) is 0 Å². The SMILES string of the molecule is O=S(=O)(Nc1cccc2cccnc12)c1ccc(NCc2ccc(Br)cc2O)cc1. The van der Waals surface area contributed by atoms with Gasteiger partial charge in [0.1, 0.15) is 5.75 Å². The quantitative estimate of drug-likeness (QED) is 0.354. The van der Waals surface area contributed by atoms with E-state index >= 15 is 0 Å². The highest BCUT2D eigenvalue weighted by molar-refractivity contribution is 9.10. The fraction of sp³-hybridized carbons (Fsp3) is 0.0455. The van der Waals surface area contributed by atoms with E-state index < -0.39 is 10.0 Å². The molecule has 1 heterocycles. The van der Waals surface area contributed by atoms with Gasteiger partial charge in [0.05, 0.1) is 16.1 Å². The van der Waals surface area contributed by atoms with E-state index in [9.17, 15) is 13.5 Å². The minimum absolute atomic E-state index is 0.146. The van der Waals surface area contributed by atoms with Gasteiger partial charge >= 0.3 is 0 Å². The van der Waals surface area contributed by atoms with Crippen LogP contribution in [0.1, 0.15) is 5.56 Å². The van der Waals surface area contributed by atoms with E-state index in [1.54, 1.807) is 42.6 Å². The lowest BCUT2D eigenvalue weighted by molar-refractivity contribution is 0.468. The Balaban J connectivity index is 1.50. The highest BCUT2D eigenvalue weighted by Crippen LogP contribution is 2.26. The van der Waals surface area contributed by atoms with Gasteiger partial charge in [0.25, 0.3) is 10.0 Å². The van der Waals surface area contributed by atoms with E-state index in [0.717, 1.165) is 21.1 Å². The Labute approximate surface area is 182 Å². The number of benzene rings is 3. The minimum Gasteiger partial charge on any atom is -0.508 e. The molecular formula is C22H18BrN3O3S. The predicted octanol–water partition coefficient (Wildman–Crippen LogP) is 5.12. The van der Waals surface area contributed by atoms with Crippen molar-refractivity contribution in [2.24, 2.45) is 0 Å². The van der Waals surface area contributed by atoms with Crippen LogP contribution in [0, 0.1) is 0 Å². The van der Waals surface area contributed by atoms with Gasteiger partial charge in [-0.25, -0.2) is 8.42 Å². The first-order valence-corrected chi connectivity index (χ1v) is 11.4. The number of pyridine rings is 1. The van der Waals surface area contributed by atoms with Gasteiger partial charge in [-0.1, -0.05) is 40.2 Å². The molecule has 0 unspecified atom stereocenters. The van der Waals surface area contributed by atoms with Crippen LogP contribution in [0.15, 0.2) is 88.4 Å². The number of nitrogens with one attached hydrogen (secondary N) is 2. The Morgan fingerprint density at radius 2 is 1.73 bits per heavy atom. The van der Waals surface area contributed by atoms with Gasteiger partial charge in [-0.05, 0) is 48.5 Å². The lowest BCUT2D eigenvalue weighted by atomic mass is 10.2. The molecule has 4 aromatic rings. The van der Waals surface area contributed by atoms with Gasteiger partial charge in [-0.3, -0.25) is 9.71 Å². The molecule has 0 aliphatic carbocycles. The molecule has 0 aliphatic rings. The van der Waals surface area contributed by atoms with Crippen LogP contribution in [0.3, 0.4) is 0 Å². The molecule has 6 nitrogen and oxygen atoms in total. The van der Waals surface area contributed by atoms with Gasteiger partial charge in [-0.15, -0.1) is 0 Å². The normalized spacial score (nSPS) is 11.4. The summed E-state index contributed by atoms with van der Waals surface area (Å²) in [7, 11) is -3.76. The lowest BCUT2D eigenvalue weighted by Gasteiger charge is -2.12. The van der Waals surface area contributed by atoms with Gasteiger partial charge < -0.3 is 10.4 Å². The largest absolute Gasteiger partial charge is 0.508 e. The number of rotatable bonds is 6. The molecule has 152 valence electrons. The Hall–Kier alpha value is -3.10. The van der Waals surface area contributed by atoms with Crippen molar-refractivity contribution < 1.29 is 13.5 Å². The van der Waals surface area contributed by atoms with Crippen LogP contribution in [0.5, 0.6) is 5.75 Å². The summed E-state index contributed by atoms with van der Waals surface area (Å²) >= 11 is 3.31. The molecule has 0 atom stereocenters. The average molecular weight is 484 g/mol. The standard InChI is InChI=1S/C22H18BrN3O3S/c23-17-7-6-16(21(27)13-17)14-25-18-8-10-19(11-9-18)30(28,29)26-20-5-1-3-15-4-2-12-24-22(15)20/h1-13,25-27H,14H2. The van der Waals surface area contributed by atoms with Crippen LogP contribution in [-0.2, 0) is 16.6 Å². The number of nitrogens with zero attached hydrogens (tertiary/aromatic N) is 1. The summed E-state index contributed by atoms with van der Waals surface area (Å²) in [5, 5.41) is 14.0. The predicted molar refractivity (Wildman–Crippen MR) is 122 cm³/mol. The van der Waals surface area contributed by atoms with Crippen LogP contribution >= 0.6 is 15.9 Å². The zero-order valence-electron chi connectivity index (χ0n) is 15.7. The Bertz CT molecular complexity index is 1300. The Morgan fingerprint density at radius 3 is 2.50 bits per heavy atom. The van der Waals surface area contributed by atoms with Crippen molar-refractivity contribution in [1.82, 2.24) is 4.98 Å². The van der Waals surface area contributed by atoms with Crippen molar-refractivity contribution in [2.75, 3.05) is 10.0 Å². The maximum Gasteiger partial charge on any atom is 0.261 e. The number of sulfonamides is 1. The third kappa shape index (κ3) is 4.39. The van der Waals surface area contributed by atoms with Crippen molar-refractivity contribution in [3.8, 4) is 5.75 Å². The molecule has 1 aromatic heterocycles. The molecule has 4 rings (SSSR count). The molecule has 8 heteroatoms. The number of para-hydroxylation sites is 1. The first-order valence-electron chi connectivity index (χ1n) is 9.10. The summed E-state index contributed by atoms with van der Waals surface area (Å²) in [5.41, 5.74) is 2.50. The number of halogens is 1. The zero-order chi connectivity index (χ0) is 21.1. The van der Waals surface area contributed by atoms with Crippen LogP contribution in [0.25, 0.3) is 10.9 Å². The molecule has 0 saturated heterocycles. The molecule has 0 bridgehead atoms. The Kier molecular flexibility index (Phi) is 5.61. The minimum atomic E-state index is -3.76. The van der Waals surface area contributed by atoms with Crippen molar-refractivity contribution >= 4 is 48.2 Å². The van der Waals surface area contributed by atoms with Crippen molar-refractivity contribution in [2.45, 2.75) is 11.4 Å². The fourth-order valence-corrected chi connectivity index (χ4v) is 4.44. The van der Waals surface area contributed by atoms with Gasteiger partial charge in [0.2, 0.25) is 0 Å². The monoisotopic (exact) mass is 483 g/mol. The lowest BCUT2D eigenvalue weighted by Crippen LogP contribution is -2.13. The smallest absolute Gasteiger partial charge is 0.261 e. The highest BCUT2D eigenvalue weighted by Gasteiger charge is 2.16. The van der Waals surface area contributed by atoms with E-state index in [4.69, 9.17) is 0 Å². The second kappa shape index (κ2) is 8.33. The first kappa shape index (κ1) is 20.2. The summed E-state index contributed by atoms with van der Waals surface area (Å²) in [6, 6.07) is 20.8.